The number of nitrogens with two attached hydrogens (primary N) is 1. The van der Waals surface area contributed by atoms with Gasteiger partial charge in [-0.3, -0.25) is 4.79 Å². The highest BCUT2D eigenvalue weighted by Crippen LogP contribution is 2.08. The Balaban J connectivity index is 2.46. The van der Waals surface area contributed by atoms with Gasteiger partial charge in [-0.15, -0.1) is 11.3 Å². The molecule has 0 aliphatic heterocycles. The fourth-order valence-electron chi connectivity index (χ4n) is 1.32. The summed E-state index contributed by atoms with van der Waals surface area (Å²) in [6, 6.07) is 0. The minimum atomic E-state index is -0.361. The topological polar surface area (TPSA) is 68.0 Å². The van der Waals surface area contributed by atoms with Gasteiger partial charge in [-0.25, -0.2) is 4.98 Å². The summed E-state index contributed by atoms with van der Waals surface area (Å²) in [6.45, 7) is 2.44. The molecule has 0 aliphatic rings. The normalized spacial score (nSPS) is 12.1. The van der Waals surface area contributed by atoms with Crippen molar-refractivity contribution in [2.24, 2.45) is 11.7 Å². The monoisotopic (exact) mass is 257 g/mol. The van der Waals surface area contributed by atoms with Crippen molar-refractivity contribution in [3.63, 3.8) is 0 Å². The Labute approximate surface area is 104 Å². The number of thiocarbonyl (C=S) groups is 1. The maximum atomic E-state index is 11.8. The maximum absolute atomic E-state index is 11.8. The molecule has 0 spiro atoms. The van der Waals surface area contributed by atoms with Gasteiger partial charge >= 0.3 is 0 Å². The molecule has 1 unspecified atom stereocenters. The summed E-state index contributed by atoms with van der Waals surface area (Å²) in [4.78, 5) is 16.1. The zero-order valence-corrected chi connectivity index (χ0v) is 10.7. The number of nitrogens with one attached hydrogen (secondary N) is 1. The van der Waals surface area contributed by atoms with Gasteiger partial charge < -0.3 is 11.1 Å². The van der Waals surface area contributed by atoms with E-state index < -0.39 is 0 Å². The van der Waals surface area contributed by atoms with E-state index in [4.69, 9.17) is 18.0 Å². The molecule has 1 amide bonds. The molecule has 88 valence electrons. The zero-order valence-electron chi connectivity index (χ0n) is 9.10. The van der Waals surface area contributed by atoms with Crippen molar-refractivity contribution >= 4 is 34.5 Å². The largest absolute Gasteiger partial charge is 0.393 e. The second-order valence-electron chi connectivity index (χ2n) is 3.39. The molecule has 0 saturated carbocycles. The van der Waals surface area contributed by atoms with Crippen molar-refractivity contribution in [3.8, 4) is 0 Å². The Hall–Kier alpha value is -1.01. The number of rotatable bonds is 6. The molecular weight excluding hydrogens is 242 g/mol. The molecule has 1 heterocycles. The fraction of sp³-hybridized carbons (Fsp3) is 0.500. The minimum absolute atomic E-state index is 0.107. The number of carbonyl (C=O) groups is 1. The number of hydrogen-bond acceptors (Lipinski definition) is 4. The van der Waals surface area contributed by atoms with Crippen LogP contribution in [0.25, 0.3) is 0 Å². The van der Waals surface area contributed by atoms with Gasteiger partial charge in [0.05, 0.1) is 17.5 Å². The van der Waals surface area contributed by atoms with Gasteiger partial charge in [0.2, 0.25) is 5.91 Å². The summed E-state index contributed by atoms with van der Waals surface area (Å²) in [5.74, 6) is -0.468. The van der Waals surface area contributed by atoms with Gasteiger partial charge in [-0.05, 0) is 6.42 Å². The highest BCUT2D eigenvalue weighted by molar-refractivity contribution is 7.80. The van der Waals surface area contributed by atoms with Crippen molar-refractivity contribution in [3.05, 3.63) is 16.6 Å². The molecule has 1 aromatic rings. The summed E-state index contributed by atoms with van der Waals surface area (Å²) < 4.78 is 0. The molecule has 3 N–H and O–H groups in total. The number of hydrogen-bond donors (Lipinski definition) is 2. The van der Waals surface area contributed by atoms with Gasteiger partial charge in [0.1, 0.15) is 5.01 Å². The van der Waals surface area contributed by atoms with Crippen molar-refractivity contribution in [2.45, 2.75) is 26.3 Å². The molecule has 1 atom stereocenters. The first kappa shape index (κ1) is 13.1. The van der Waals surface area contributed by atoms with Crippen LogP contribution in [0.3, 0.4) is 0 Å². The predicted octanol–water partition coefficient (Wildman–Crippen LogP) is 1.46. The Morgan fingerprint density at radius 2 is 2.50 bits per heavy atom. The second kappa shape index (κ2) is 6.55. The van der Waals surface area contributed by atoms with Crippen LogP contribution in [0.4, 0.5) is 0 Å². The van der Waals surface area contributed by atoms with Gasteiger partial charge in [0, 0.05) is 11.6 Å². The van der Waals surface area contributed by atoms with E-state index in [0.717, 1.165) is 11.4 Å². The molecule has 1 rings (SSSR count). The van der Waals surface area contributed by atoms with E-state index in [2.05, 4.69) is 10.3 Å². The first-order valence-electron chi connectivity index (χ1n) is 5.10. The molecule has 0 aliphatic carbocycles. The van der Waals surface area contributed by atoms with Crippen LogP contribution in [0.2, 0.25) is 0 Å². The number of amides is 1. The predicted molar refractivity (Wildman–Crippen MR) is 69.1 cm³/mol. The van der Waals surface area contributed by atoms with Crippen LogP contribution in [-0.4, -0.2) is 15.9 Å². The lowest BCUT2D eigenvalue weighted by atomic mass is 10.0. The van der Waals surface area contributed by atoms with Crippen LogP contribution >= 0.6 is 23.6 Å². The highest BCUT2D eigenvalue weighted by Gasteiger charge is 2.19. The molecule has 0 saturated heterocycles. The lowest BCUT2D eigenvalue weighted by Crippen LogP contribution is -2.37. The van der Waals surface area contributed by atoms with Crippen LogP contribution in [0, 0.1) is 5.92 Å². The van der Waals surface area contributed by atoms with Gasteiger partial charge in [-0.1, -0.05) is 25.6 Å². The minimum Gasteiger partial charge on any atom is -0.393 e. The lowest BCUT2D eigenvalue weighted by molar-refractivity contribution is -0.123. The smallest absolute Gasteiger partial charge is 0.230 e. The number of thiazole rings is 1. The Morgan fingerprint density at radius 1 is 1.75 bits per heavy atom. The Morgan fingerprint density at radius 3 is 3.00 bits per heavy atom. The SMILES string of the molecule is CCCC(C(=O)NCc1nccs1)C(N)=S. The van der Waals surface area contributed by atoms with Gasteiger partial charge in [0.15, 0.2) is 0 Å². The Kier molecular flexibility index (Phi) is 5.34. The highest BCUT2D eigenvalue weighted by atomic mass is 32.1. The third-order valence-corrected chi connectivity index (χ3v) is 3.20. The molecular formula is C10H15N3OS2. The van der Waals surface area contributed by atoms with E-state index in [1.165, 1.54) is 11.3 Å². The lowest BCUT2D eigenvalue weighted by Gasteiger charge is -2.13. The molecule has 6 heteroatoms. The molecule has 0 aromatic carbocycles. The quantitative estimate of drug-likeness (QED) is 0.757. The molecule has 4 nitrogen and oxygen atoms in total. The summed E-state index contributed by atoms with van der Waals surface area (Å²) >= 11 is 6.39. The van der Waals surface area contributed by atoms with Gasteiger partial charge in [0.25, 0.3) is 0 Å². The van der Waals surface area contributed by atoms with E-state index >= 15 is 0 Å². The number of carbonyl (C=O) groups excluding carboxylic acids is 1. The molecule has 0 radical (unpaired) electrons. The van der Waals surface area contributed by atoms with E-state index in [1.807, 2.05) is 12.3 Å². The van der Waals surface area contributed by atoms with E-state index in [9.17, 15) is 4.79 Å². The summed E-state index contributed by atoms with van der Waals surface area (Å²) in [5, 5.41) is 5.55. The second-order valence-corrected chi connectivity index (χ2v) is 4.84. The van der Waals surface area contributed by atoms with Crippen molar-refractivity contribution in [1.82, 2.24) is 10.3 Å². The zero-order chi connectivity index (χ0) is 12.0. The van der Waals surface area contributed by atoms with Crippen LogP contribution < -0.4 is 11.1 Å². The molecule has 16 heavy (non-hydrogen) atoms. The maximum Gasteiger partial charge on any atom is 0.230 e. The summed E-state index contributed by atoms with van der Waals surface area (Å²) in [7, 11) is 0. The van der Waals surface area contributed by atoms with Crippen molar-refractivity contribution in [1.29, 1.82) is 0 Å². The van der Waals surface area contributed by atoms with Crippen molar-refractivity contribution in [2.75, 3.05) is 0 Å². The molecule has 1 aromatic heterocycles. The molecule has 0 fully saturated rings. The number of nitrogens with zero attached hydrogens (tertiary/aromatic N) is 1. The van der Waals surface area contributed by atoms with Crippen LogP contribution in [-0.2, 0) is 11.3 Å². The third kappa shape index (κ3) is 3.86. The average Bonchev–Trinajstić information content (AvgIpc) is 2.75. The summed E-state index contributed by atoms with van der Waals surface area (Å²) in [5.41, 5.74) is 5.53. The van der Waals surface area contributed by atoms with Crippen LogP contribution in [0.1, 0.15) is 24.8 Å². The summed E-state index contributed by atoms with van der Waals surface area (Å²) in [6.07, 6.45) is 3.29. The first-order valence-corrected chi connectivity index (χ1v) is 6.39. The Bertz CT molecular complexity index is 351. The number of aromatic nitrogens is 1. The van der Waals surface area contributed by atoms with E-state index in [0.29, 0.717) is 13.0 Å². The first-order chi connectivity index (χ1) is 7.65. The van der Waals surface area contributed by atoms with E-state index in [-0.39, 0.29) is 16.8 Å². The molecule has 0 bridgehead atoms. The van der Waals surface area contributed by atoms with Crippen LogP contribution in [0.15, 0.2) is 11.6 Å². The van der Waals surface area contributed by atoms with Crippen molar-refractivity contribution < 1.29 is 4.79 Å². The third-order valence-electron chi connectivity index (χ3n) is 2.13. The van der Waals surface area contributed by atoms with E-state index in [1.54, 1.807) is 6.20 Å². The van der Waals surface area contributed by atoms with Gasteiger partial charge in [-0.2, -0.15) is 0 Å². The standard InChI is InChI=1S/C10H15N3OS2/c1-2-3-7(9(11)15)10(14)13-6-8-12-4-5-16-8/h4-5,7H,2-3,6H2,1H3,(H2,11,15)(H,13,14). The fourth-order valence-corrected chi connectivity index (χ4v) is 2.10. The average molecular weight is 257 g/mol. The van der Waals surface area contributed by atoms with Crippen LogP contribution in [0.5, 0.6) is 0 Å².